The Hall–Kier alpha value is -1.82. The molecule has 1 atom stereocenters. The van der Waals surface area contributed by atoms with Crippen molar-refractivity contribution in [3.8, 4) is 0 Å². The quantitative estimate of drug-likeness (QED) is 0.749. The van der Waals surface area contributed by atoms with Crippen LogP contribution in [0.5, 0.6) is 0 Å². The Labute approximate surface area is 141 Å². The fourth-order valence-corrected chi connectivity index (χ4v) is 2.77. The van der Waals surface area contributed by atoms with Crippen molar-refractivity contribution < 1.29 is 14.4 Å². The van der Waals surface area contributed by atoms with Gasteiger partial charge in [0, 0.05) is 10.3 Å². The molecule has 0 bridgehead atoms. The second-order valence-electron chi connectivity index (χ2n) is 5.96. The first-order valence-electron chi connectivity index (χ1n) is 7.64. The van der Waals surface area contributed by atoms with E-state index in [1.807, 2.05) is 20.8 Å². The van der Waals surface area contributed by atoms with Gasteiger partial charge in [-0.2, -0.15) is 0 Å². The monoisotopic (exact) mass is 336 g/mol. The Morgan fingerprint density at radius 1 is 1.22 bits per heavy atom. The molecule has 0 aliphatic rings. The van der Waals surface area contributed by atoms with E-state index in [0.717, 1.165) is 11.8 Å². The summed E-state index contributed by atoms with van der Waals surface area (Å²) in [5, 5.41) is 2.61. The molecule has 0 saturated carbocycles. The Bertz CT molecular complexity index is 599. The van der Waals surface area contributed by atoms with E-state index in [9.17, 15) is 14.4 Å². The van der Waals surface area contributed by atoms with Gasteiger partial charge in [0.2, 0.25) is 5.91 Å². The van der Waals surface area contributed by atoms with Crippen molar-refractivity contribution in [2.24, 2.45) is 11.1 Å². The molecule has 0 spiro atoms. The lowest BCUT2D eigenvalue weighted by Gasteiger charge is -2.21. The first-order valence-corrected chi connectivity index (χ1v) is 8.46. The maximum Gasteiger partial charge on any atom is 0.253 e. The number of nitrogens with two attached hydrogens (primary N) is 1. The van der Waals surface area contributed by atoms with Gasteiger partial charge in [-0.25, -0.2) is 0 Å². The highest BCUT2D eigenvalue weighted by Crippen LogP contribution is 2.33. The Balaban J connectivity index is 2.99. The third-order valence-corrected chi connectivity index (χ3v) is 5.14. The number of thioether (sulfide) groups is 1. The Morgan fingerprint density at radius 3 is 2.35 bits per heavy atom. The summed E-state index contributed by atoms with van der Waals surface area (Å²) in [7, 11) is 0. The second kappa shape index (κ2) is 8.15. The number of benzene rings is 1. The molecule has 5 nitrogen and oxygen atoms in total. The van der Waals surface area contributed by atoms with Gasteiger partial charge in [0.05, 0.1) is 5.56 Å². The van der Waals surface area contributed by atoms with Crippen molar-refractivity contribution in [1.82, 2.24) is 5.32 Å². The van der Waals surface area contributed by atoms with E-state index in [-0.39, 0.29) is 5.12 Å². The van der Waals surface area contributed by atoms with Gasteiger partial charge >= 0.3 is 0 Å². The number of carbonyl (C=O) groups excluding carboxylic acids is 3. The molecule has 2 amide bonds. The highest BCUT2D eigenvalue weighted by molar-refractivity contribution is 8.13. The zero-order chi connectivity index (χ0) is 17.6. The van der Waals surface area contributed by atoms with Gasteiger partial charge in [-0.15, -0.1) is 0 Å². The summed E-state index contributed by atoms with van der Waals surface area (Å²) in [6.07, 6.45) is 1.13. The number of rotatable bonds is 7. The van der Waals surface area contributed by atoms with Crippen LogP contribution in [0.4, 0.5) is 0 Å². The van der Waals surface area contributed by atoms with Crippen LogP contribution in [0, 0.1) is 5.41 Å². The molecule has 0 saturated heterocycles. The van der Waals surface area contributed by atoms with Gasteiger partial charge in [-0.05, 0) is 25.0 Å². The lowest BCUT2D eigenvalue weighted by molar-refractivity contribution is -0.120. The zero-order valence-electron chi connectivity index (χ0n) is 14.0. The smallest absolute Gasteiger partial charge is 0.253 e. The zero-order valence-corrected chi connectivity index (χ0v) is 14.8. The minimum absolute atomic E-state index is 0.00203. The highest BCUT2D eigenvalue weighted by Gasteiger charge is 2.28. The number of primary amides is 1. The first kappa shape index (κ1) is 19.2. The summed E-state index contributed by atoms with van der Waals surface area (Å²) >= 11 is 1.06. The van der Waals surface area contributed by atoms with Crippen molar-refractivity contribution in [2.45, 2.75) is 51.5 Å². The standard InChI is InChI=1S/C17H24N2O3S/c1-5-12(14(18)20)19-15(21)11-9-7-8-10-13(11)23-16(22)17(3,4)6-2/h7-10,12H,5-6H2,1-4H3,(H2,18,20)(H,19,21)/t12-/m0/s1. The molecule has 6 heteroatoms. The number of hydrogen-bond donors (Lipinski definition) is 2. The Kier molecular flexibility index (Phi) is 6.81. The number of carbonyl (C=O) groups is 3. The molecule has 0 aromatic heterocycles. The summed E-state index contributed by atoms with van der Waals surface area (Å²) in [6.45, 7) is 7.48. The molecule has 0 unspecified atom stereocenters. The summed E-state index contributed by atoms with van der Waals surface area (Å²) in [5.74, 6) is -0.977. The SMILES string of the molecule is CC[C@H](NC(=O)c1ccccc1SC(=O)C(C)(C)CC)C(N)=O. The molecule has 1 aromatic rings. The van der Waals surface area contributed by atoms with Crippen LogP contribution >= 0.6 is 11.8 Å². The van der Waals surface area contributed by atoms with E-state index in [1.165, 1.54) is 0 Å². The minimum atomic E-state index is -0.719. The van der Waals surface area contributed by atoms with Crippen LogP contribution in [0.3, 0.4) is 0 Å². The maximum atomic E-state index is 12.4. The van der Waals surface area contributed by atoms with Crippen molar-refractivity contribution in [1.29, 1.82) is 0 Å². The number of nitrogens with one attached hydrogen (secondary N) is 1. The van der Waals surface area contributed by atoms with Crippen LogP contribution in [0.2, 0.25) is 0 Å². The normalized spacial score (nSPS) is 12.5. The van der Waals surface area contributed by atoms with E-state index in [0.29, 0.717) is 23.3 Å². The third-order valence-electron chi connectivity index (χ3n) is 3.83. The van der Waals surface area contributed by atoms with E-state index in [4.69, 9.17) is 5.73 Å². The fourth-order valence-electron chi connectivity index (χ4n) is 1.74. The van der Waals surface area contributed by atoms with Crippen LogP contribution in [0.25, 0.3) is 0 Å². The van der Waals surface area contributed by atoms with Crippen molar-refractivity contribution in [3.63, 3.8) is 0 Å². The number of amides is 2. The van der Waals surface area contributed by atoms with Crippen LogP contribution in [-0.4, -0.2) is 23.0 Å². The maximum absolute atomic E-state index is 12.4. The van der Waals surface area contributed by atoms with Gasteiger partial charge < -0.3 is 11.1 Å². The molecule has 0 radical (unpaired) electrons. The largest absolute Gasteiger partial charge is 0.368 e. The molecule has 3 N–H and O–H groups in total. The van der Waals surface area contributed by atoms with Crippen molar-refractivity contribution in [2.75, 3.05) is 0 Å². The van der Waals surface area contributed by atoms with Crippen LogP contribution in [0.1, 0.15) is 50.9 Å². The molecule has 0 fully saturated rings. The van der Waals surface area contributed by atoms with E-state index in [1.54, 1.807) is 31.2 Å². The minimum Gasteiger partial charge on any atom is -0.368 e. The van der Waals surface area contributed by atoms with E-state index in [2.05, 4.69) is 5.32 Å². The average Bonchev–Trinajstić information content (AvgIpc) is 2.52. The Morgan fingerprint density at radius 2 is 1.83 bits per heavy atom. The van der Waals surface area contributed by atoms with Gasteiger partial charge in [0.25, 0.3) is 5.91 Å². The van der Waals surface area contributed by atoms with Gasteiger partial charge in [0.15, 0.2) is 5.12 Å². The van der Waals surface area contributed by atoms with Gasteiger partial charge in [-0.1, -0.05) is 51.6 Å². The predicted molar refractivity (Wildman–Crippen MR) is 92.1 cm³/mol. The summed E-state index contributed by atoms with van der Waals surface area (Å²) in [5.41, 5.74) is 5.16. The van der Waals surface area contributed by atoms with Crippen molar-refractivity contribution in [3.05, 3.63) is 29.8 Å². The van der Waals surface area contributed by atoms with Crippen LogP contribution in [0.15, 0.2) is 29.2 Å². The molecule has 0 heterocycles. The lowest BCUT2D eigenvalue weighted by atomic mass is 9.92. The summed E-state index contributed by atoms with van der Waals surface area (Å²) < 4.78 is 0. The molecule has 0 aliphatic carbocycles. The summed E-state index contributed by atoms with van der Waals surface area (Å²) in [6, 6.07) is 6.14. The van der Waals surface area contributed by atoms with Crippen LogP contribution < -0.4 is 11.1 Å². The highest BCUT2D eigenvalue weighted by atomic mass is 32.2. The predicted octanol–water partition coefficient (Wildman–Crippen LogP) is 2.74. The van der Waals surface area contributed by atoms with E-state index >= 15 is 0 Å². The van der Waals surface area contributed by atoms with Gasteiger partial charge in [0.1, 0.15) is 6.04 Å². The molecule has 126 valence electrons. The molecule has 1 aromatic carbocycles. The molecule has 0 aliphatic heterocycles. The van der Waals surface area contributed by atoms with E-state index < -0.39 is 23.3 Å². The average molecular weight is 336 g/mol. The third kappa shape index (κ3) is 5.10. The molecule has 1 rings (SSSR count). The topological polar surface area (TPSA) is 89.3 Å². The number of hydrogen-bond acceptors (Lipinski definition) is 4. The molecular weight excluding hydrogens is 312 g/mol. The van der Waals surface area contributed by atoms with Gasteiger partial charge in [-0.3, -0.25) is 14.4 Å². The first-order chi connectivity index (χ1) is 10.7. The van der Waals surface area contributed by atoms with Crippen LogP contribution in [-0.2, 0) is 9.59 Å². The molecular formula is C17H24N2O3S. The fraction of sp³-hybridized carbons (Fsp3) is 0.471. The lowest BCUT2D eigenvalue weighted by Crippen LogP contribution is -2.44. The summed E-state index contributed by atoms with van der Waals surface area (Å²) in [4.78, 5) is 36.6. The second-order valence-corrected chi connectivity index (χ2v) is 6.97. The molecule has 23 heavy (non-hydrogen) atoms. The van der Waals surface area contributed by atoms with Crippen molar-refractivity contribution >= 4 is 28.7 Å².